The lowest BCUT2D eigenvalue weighted by Crippen LogP contribution is -2.33. The molecule has 0 unspecified atom stereocenters. The smallest absolute Gasteiger partial charge is 0.296 e. The fraction of sp³-hybridized carbons (Fsp3) is 0.125. The molecule has 0 aliphatic rings. The number of pyridine rings is 1. The van der Waals surface area contributed by atoms with Gasteiger partial charge in [0.1, 0.15) is 0 Å². The minimum absolute atomic E-state index is 0.0370. The monoisotopic (exact) mass is 443 g/mol. The molecular formula is C24H18ClN5O2. The summed E-state index contributed by atoms with van der Waals surface area (Å²) >= 11 is 6.34. The molecule has 0 saturated carbocycles. The van der Waals surface area contributed by atoms with Crippen LogP contribution < -0.4 is 10.9 Å². The average Bonchev–Trinajstić information content (AvgIpc) is 2.79. The summed E-state index contributed by atoms with van der Waals surface area (Å²) in [5.41, 5.74) is 1.44. The number of carbonyl (C=O) groups excluding carboxylic acids is 1. The molecule has 1 amide bonds. The second-order valence-electron chi connectivity index (χ2n) is 7.22. The van der Waals surface area contributed by atoms with Crippen molar-refractivity contribution < 1.29 is 4.79 Å². The van der Waals surface area contributed by atoms with Crippen LogP contribution in [0.1, 0.15) is 34.8 Å². The van der Waals surface area contributed by atoms with Crippen LogP contribution in [0, 0.1) is 13.5 Å². The minimum Gasteiger partial charge on any atom is -0.359 e. The number of carbonyl (C=O) groups is 1. The highest BCUT2D eigenvalue weighted by molar-refractivity contribution is 6.35. The van der Waals surface area contributed by atoms with Crippen molar-refractivity contribution in [1.82, 2.24) is 19.9 Å². The number of hydrogen-bond donors (Lipinski definition) is 1. The molecule has 0 bridgehead atoms. The summed E-state index contributed by atoms with van der Waals surface area (Å²) in [5.74, 6) is -0.443. The van der Waals surface area contributed by atoms with Crippen molar-refractivity contribution in [2.24, 2.45) is 0 Å². The van der Waals surface area contributed by atoms with E-state index in [2.05, 4.69) is 20.1 Å². The van der Waals surface area contributed by atoms with Crippen LogP contribution in [0.15, 0.2) is 65.6 Å². The molecule has 2 aromatic carbocycles. The third-order valence-corrected chi connectivity index (χ3v) is 5.42. The van der Waals surface area contributed by atoms with E-state index >= 15 is 0 Å². The van der Waals surface area contributed by atoms with E-state index < -0.39 is 11.9 Å². The molecule has 0 radical (unpaired) electrons. The SMILES string of the molecule is [C-]#[N+]c1cnc(C)c(C(=O)N[C@@H](C)c2cc3cccc(Cl)c3c(=O)n2-c2ccccc2)n1. The van der Waals surface area contributed by atoms with Gasteiger partial charge in [0.15, 0.2) is 0 Å². The second kappa shape index (κ2) is 8.61. The highest BCUT2D eigenvalue weighted by Crippen LogP contribution is 2.25. The molecule has 0 aliphatic heterocycles. The summed E-state index contributed by atoms with van der Waals surface area (Å²) in [4.78, 5) is 37.8. The number of nitrogens with zero attached hydrogens (tertiary/aromatic N) is 4. The van der Waals surface area contributed by atoms with Crippen LogP contribution in [0.4, 0.5) is 5.82 Å². The molecule has 4 rings (SSSR count). The van der Waals surface area contributed by atoms with Crippen LogP contribution in [0.5, 0.6) is 0 Å². The van der Waals surface area contributed by atoms with Gasteiger partial charge in [0.25, 0.3) is 17.3 Å². The highest BCUT2D eigenvalue weighted by Gasteiger charge is 2.23. The summed E-state index contributed by atoms with van der Waals surface area (Å²) in [6.07, 6.45) is 1.32. The summed E-state index contributed by atoms with van der Waals surface area (Å²) in [7, 11) is 0. The highest BCUT2D eigenvalue weighted by atomic mass is 35.5. The van der Waals surface area contributed by atoms with E-state index in [-0.39, 0.29) is 17.1 Å². The number of benzene rings is 2. The Balaban J connectivity index is 1.84. The van der Waals surface area contributed by atoms with Crippen LogP contribution in [-0.4, -0.2) is 20.4 Å². The van der Waals surface area contributed by atoms with Gasteiger partial charge in [0.05, 0.1) is 28.3 Å². The molecule has 7 nitrogen and oxygen atoms in total. The zero-order chi connectivity index (χ0) is 22.8. The Kier molecular flexibility index (Phi) is 5.71. The Hall–Kier alpha value is -4.02. The van der Waals surface area contributed by atoms with Crippen molar-refractivity contribution in [2.75, 3.05) is 0 Å². The molecule has 2 heterocycles. The fourth-order valence-corrected chi connectivity index (χ4v) is 3.81. The number of amides is 1. The second-order valence-corrected chi connectivity index (χ2v) is 7.63. The Labute approximate surface area is 189 Å². The van der Waals surface area contributed by atoms with E-state index in [9.17, 15) is 9.59 Å². The fourth-order valence-electron chi connectivity index (χ4n) is 3.55. The van der Waals surface area contributed by atoms with E-state index in [1.54, 1.807) is 30.5 Å². The molecule has 1 N–H and O–H groups in total. The predicted octanol–water partition coefficient (Wildman–Crippen LogP) is 4.78. The van der Waals surface area contributed by atoms with E-state index in [1.165, 1.54) is 6.20 Å². The molecule has 0 aliphatic carbocycles. The standard InChI is InChI=1S/C24H18ClN5O2/c1-14(28-23(31)22-15(2)27-13-20(26-3)29-22)19-12-16-8-7-11-18(25)21(16)24(32)30(19)17-9-5-4-6-10-17/h4-14H,1-2H3,(H,28,31)/t14-/m0/s1. The van der Waals surface area contributed by atoms with Gasteiger partial charge in [-0.05, 0) is 43.5 Å². The van der Waals surface area contributed by atoms with Crippen molar-refractivity contribution in [3.8, 4) is 5.69 Å². The minimum atomic E-state index is -0.559. The van der Waals surface area contributed by atoms with Crippen molar-refractivity contribution in [2.45, 2.75) is 19.9 Å². The number of rotatable bonds is 4. The Morgan fingerprint density at radius 2 is 1.94 bits per heavy atom. The van der Waals surface area contributed by atoms with Gasteiger partial charge in [0, 0.05) is 11.4 Å². The van der Waals surface area contributed by atoms with Gasteiger partial charge in [-0.2, -0.15) is 0 Å². The van der Waals surface area contributed by atoms with Gasteiger partial charge in [-0.1, -0.05) is 48.5 Å². The molecule has 0 fully saturated rings. The van der Waals surface area contributed by atoms with E-state index in [4.69, 9.17) is 18.2 Å². The summed E-state index contributed by atoms with van der Waals surface area (Å²) in [5, 5.41) is 4.33. The van der Waals surface area contributed by atoms with E-state index in [0.29, 0.717) is 32.9 Å². The average molecular weight is 444 g/mol. The van der Waals surface area contributed by atoms with Crippen molar-refractivity contribution in [1.29, 1.82) is 0 Å². The maximum atomic E-state index is 13.5. The predicted molar refractivity (Wildman–Crippen MR) is 123 cm³/mol. The molecule has 1 atom stereocenters. The van der Waals surface area contributed by atoms with Gasteiger partial charge in [-0.15, -0.1) is 4.98 Å². The van der Waals surface area contributed by atoms with Crippen LogP contribution in [0.25, 0.3) is 21.3 Å². The van der Waals surface area contributed by atoms with Gasteiger partial charge in [-0.25, -0.2) is 0 Å². The number of hydrogen-bond acceptors (Lipinski definition) is 4. The summed E-state index contributed by atoms with van der Waals surface area (Å²) in [6, 6.07) is 15.7. The van der Waals surface area contributed by atoms with Crippen LogP contribution >= 0.6 is 11.6 Å². The molecule has 2 aromatic heterocycles. The number of fused-ring (bicyclic) bond motifs is 1. The first-order chi connectivity index (χ1) is 15.4. The Bertz CT molecular complexity index is 1440. The first kappa shape index (κ1) is 21.2. The zero-order valence-electron chi connectivity index (χ0n) is 17.3. The van der Waals surface area contributed by atoms with E-state index in [1.807, 2.05) is 42.5 Å². The Morgan fingerprint density at radius 3 is 2.66 bits per heavy atom. The summed E-state index contributed by atoms with van der Waals surface area (Å²) < 4.78 is 1.55. The number of nitrogens with one attached hydrogen (secondary N) is 1. The number of para-hydroxylation sites is 1. The third kappa shape index (κ3) is 3.84. The van der Waals surface area contributed by atoms with Gasteiger partial charge < -0.3 is 10.2 Å². The van der Waals surface area contributed by atoms with Crippen LogP contribution in [-0.2, 0) is 0 Å². The first-order valence-corrected chi connectivity index (χ1v) is 10.2. The molecule has 0 saturated heterocycles. The largest absolute Gasteiger partial charge is 0.359 e. The molecule has 32 heavy (non-hydrogen) atoms. The van der Waals surface area contributed by atoms with Crippen LogP contribution in [0.2, 0.25) is 5.02 Å². The number of aromatic nitrogens is 3. The lowest BCUT2D eigenvalue weighted by atomic mass is 10.1. The van der Waals surface area contributed by atoms with Gasteiger partial charge in [0.2, 0.25) is 5.69 Å². The van der Waals surface area contributed by atoms with Gasteiger partial charge in [-0.3, -0.25) is 19.1 Å². The normalized spacial score (nSPS) is 11.7. The molecule has 4 aromatic rings. The molecule has 158 valence electrons. The van der Waals surface area contributed by atoms with Crippen molar-refractivity contribution >= 4 is 34.1 Å². The molecule has 0 spiro atoms. The maximum Gasteiger partial charge on any atom is 0.296 e. The zero-order valence-corrected chi connectivity index (χ0v) is 18.1. The van der Waals surface area contributed by atoms with Gasteiger partial charge >= 0.3 is 0 Å². The molecule has 8 heteroatoms. The summed E-state index contributed by atoms with van der Waals surface area (Å²) in [6.45, 7) is 10.5. The van der Waals surface area contributed by atoms with Crippen molar-refractivity contribution in [3.05, 3.63) is 105 Å². The third-order valence-electron chi connectivity index (χ3n) is 5.10. The first-order valence-electron chi connectivity index (χ1n) is 9.82. The lowest BCUT2D eigenvalue weighted by Gasteiger charge is -2.21. The number of aryl methyl sites for hydroxylation is 1. The topological polar surface area (TPSA) is 81.2 Å². The molecular weight excluding hydrogens is 426 g/mol. The maximum absolute atomic E-state index is 13.5. The van der Waals surface area contributed by atoms with Crippen LogP contribution in [0.3, 0.4) is 0 Å². The number of halogens is 1. The quantitative estimate of drug-likeness (QED) is 0.460. The Morgan fingerprint density at radius 1 is 1.19 bits per heavy atom. The lowest BCUT2D eigenvalue weighted by molar-refractivity contribution is 0.0932. The van der Waals surface area contributed by atoms with Crippen molar-refractivity contribution in [3.63, 3.8) is 0 Å². The van der Waals surface area contributed by atoms with E-state index in [0.717, 1.165) is 0 Å².